The van der Waals surface area contributed by atoms with Crippen molar-refractivity contribution in [2.45, 2.75) is 36.8 Å². The van der Waals surface area contributed by atoms with Gasteiger partial charge in [-0.2, -0.15) is 5.26 Å². The molecule has 0 aromatic heterocycles. The van der Waals surface area contributed by atoms with Gasteiger partial charge in [-0.05, 0) is 5.56 Å². The highest BCUT2D eigenvalue weighted by Gasteiger charge is 2.44. The summed E-state index contributed by atoms with van der Waals surface area (Å²) >= 11 is 0. The van der Waals surface area contributed by atoms with Gasteiger partial charge in [-0.3, -0.25) is 0 Å². The summed E-state index contributed by atoms with van der Waals surface area (Å²) in [6, 6.07) is 10.5. The maximum absolute atomic E-state index is 9.86. The molecule has 1 fully saturated rings. The first-order valence-corrected chi connectivity index (χ1v) is 6.49. The lowest BCUT2D eigenvalue weighted by Gasteiger charge is -2.40. The first kappa shape index (κ1) is 15.9. The van der Waals surface area contributed by atoms with Crippen molar-refractivity contribution in [3.63, 3.8) is 0 Å². The number of aliphatic hydroxyl groups excluding tert-OH is 4. The molecule has 0 saturated carbocycles. The Balaban J connectivity index is 2.12. The van der Waals surface area contributed by atoms with Crippen molar-refractivity contribution in [2.24, 2.45) is 0 Å². The Bertz CT molecular complexity index is 488. The molecule has 21 heavy (non-hydrogen) atoms. The zero-order valence-corrected chi connectivity index (χ0v) is 11.1. The summed E-state index contributed by atoms with van der Waals surface area (Å²) in [7, 11) is 0. The van der Waals surface area contributed by atoms with Crippen LogP contribution >= 0.6 is 0 Å². The fourth-order valence-electron chi connectivity index (χ4n) is 2.13. The Morgan fingerprint density at radius 1 is 1.14 bits per heavy atom. The average molecular weight is 295 g/mol. The SMILES string of the molecule is N#C[C@@H](O[C@@H]1O[C@@H](CO)[C@H](O)[C@@H](O)[C@@H]1O)c1ccccc1. The topological polar surface area (TPSA) is 123 Å². The van der Waals surface area contributed by atoms with E-state index in [1.165, 1.54) is 0 Å². The Labute approximate surface area is 121 Å². The summed E-state index contributed by atoms with van der Waals surface area (Å²) in [5, 5.41) is 47.5. The average Bonchev–Trinajstić information content (AvgIpc) is 2.53. The van der Waals surface area contributed by atoms with Crippen molar-refractivity contribution in [2.75, 3.05) is 6.61 Å². The van der Waals surface area contributed by atoms with E-state index >= 15 is 0 Å². The minimum atomic E-state index is -1.53. The van der Waals surface area contributed by atoms with Gasteiger partial charge in [-0.1, -0.05) is 30.3 Å². The highest BCUT2D eigenvalue weighted by Crippen LogP contribution is 2.27. The van der Waals surface area contributed by atoms with Crippen molar-refractivity contribution in [1.82, 2.24) is 0 Å². The van der Waals surface area contributed by atoms with Gasteiger partial charge in [-0.15, -0.1) is 0 Å². The van der Waals surface area contributed by atoms with Gasteiger partial charge >= 0.3 is 0 Å². The van der Waals surface area contributed by atoms with Crippen LogP contribution in [0.25, 0.3) is 0 Å². The van der Waals surface area contributed by atoms with E-state index in [1.54, 1.807) is 30.3 Å². The number of benzene rings is 1. The standard InChI is InChI=1S/C14H17NO6/c15-6-9(8-4-2-1-3-5-8)20-14-13(19)12(18)11(17)10(7-16)21-14/h1-5,9-14,16-19H,7H2/t9-,10+,11+,12-,13+,14-/m1/s1. The first-order valence-electron chi connectivity index (χ1n) is 6.49. The van der Waals surface area contributed by atoms with E-state index in [1.807, 2.05) is 6.07 Å². The lowest BCUT2D eigenvalue weighted by Crippen LogP contribution is -2.59. The van der Waals surface area contributed by atoms with Crippen molar-refractivity contribution in [1.29, 1.82) is 5.26 Å². The van der Waals surface area contributed by atoms with Gasteiger partial charge in [0.1, 0.15) is 24.4 Å². The van der Waals surface area contributed by atoms with Crippen LogP contribution in [0.3, 0.4) is 0 Å². The third-order valence-corrected chi connectivity index (χ3v) is 3.34. The summed E-state index contributed by atoms with van der Waals surface area (Å²) in [4.78, 5) is 0. The molecule has 7 nitrogen and oxygen atoms in total. The van der Waals surface area contributed by atoms with Crippen LogP contribution in [0.4, 0.5) is 0 Å². The van der Waals surface area contributed by atoms with Crippen LogP contribution < -0.4 is 0 Å². The van der Waals surface area contributed by atoms with Gasteiger partial charge < -0.3 is 29.9 Å². The Morgan fingerprint density at radius 2 is 1.81 bits per heavy atom. The molecule has 0 spiro atoms. The van der Waals surface area contributed by atoms with E-state index in [0.717, 1.165) is 0 Å². The van der Waals surface area contributed by atoms with Crippen LogP contribution in [0.15, 0.2) is 30.3 Å². The fourth-order valence-corrected chi connectivity index (χ4v) is 2.13. The molecule has 0 unspecified atom stereocenters. The molecular weight excluding hydrogens is 278 g/mol. The monoisotopic (exact) mass is 295 g/mol. The minimum absolute atomic E-state index is 0.548. The molecule has 1 aliphatic heterocycles. The second kappa shape index (κ2) is 6.95. The molecule has 2 rings (SSSR count). The molecule has 1 heterocycles. The van der Waals surface area contributed by atoms with Crippen molar-refractivity contribution in [3.05, 3.63) is 35.9 Å². The Morgan fingerprint density at radius 3 is 2.38 bits per heavy atom. The molecule has 7 heteroatoms. The van der Waals surface area contributed by atoms with Crippen LogP contribution in [-0.4, -0.2) is 57.7 Å². The Kier molecular flexibility index (Phi) is 5.25. The number of hydrogen-bond acceptors (Lipinski definition) is 7. The lowest BCUT2D eigenvalue weighted by atomic mass is 9.99. The summed E-state index contributed by atoms with van der Waals surface area (Å²) in [5.74, 6) is 0. The molecule has 1 saturated heterocycles. The number of nitriles is 1. The van der Waals surface area contributed by atoms with Crippen molar-refractivity contribution < 1.29 is 29.9 Å². The summed E-state index contributed by atoms with van der Waals surface area (Å²) in [6.45, 7) is -0.548. The van der Waals surface area contributed by atoms with Crippen LogP contribution in [0.1, 0.15) is 11.7 Å². The minimum Gasteiger partial charge on any atom is -0.394 e. The number of ether oxygens (including phenoxy) is 2. The zero-order chi connectivity index (χ0) is 15.4. The van der Waals surface area contributed by atoms with Crippen LogP contribution in [0.2, 0.25) is 0 Å². The number of nitrogens with zero attached hydrogens (tertiary/aromatic N) is 1. The fraction of sp³-hybridized carbons (Fsp3) is 0.500. The summed E-state index contributed by atoms with van der Waals surface area (Å²) in [6.07, 6.45) is -7.91. The normalized spacial score (nSPS) is 34.1. The summed E-state index contributed by atoms with van der Waals surface area (Å²) in [5.41, 5.74) is 0.567. The highest BCUT2D eigenvalue weighted by molar-refractivity contribution is 5.22. The predicted molar refractivity (Wildman–Crippen MR) is 69.6 cm³/mol. The number of aliphatic hydroxyl groups is 4. The highest BCUT2D eigenvalue weighted by atomic mass is 16.7. The number of rotatable bonds is 4. The second-order valence-electron chi connectivity index (χ2n) is 4.75. The van der Waals surface area contributed by atoms with Gasteiger partial charge in [0.05, 0.1) is 12.7 Å². The zero-order valence-electron chi connectivity index (χ0n) is 11.1. The smallest absolute Gasteiger partial charge is 0.188 e. The molecule has 114 valence electrons. The largest absolute Gasteiger partial charge is 0.394 e. The molecule has 1 aliphatic rings. The lowest BCUT2D eigenvalue weighted by molar-refractivity contribution is -0.307. The van der Waals surface area contributed by atoms with E-state index < -0.39 is 43.4 Å². The van der Waals surface area contributed by atoms with E-state index in [9.17, 15) is 15.3 Å². The molecule has 0 amide bonds. The Hall–Kier alpha value is -1.53. The van der Waals surface area contributed by atoms with E-state index in [0.29, 0.717) is 5.56 Å². The van der Waals surface area contributed by atoms with Gasteiger partial charge in [0.25, 0.3) is 0 Å². The third kappa shape index (κ3) is 3.39. The van der Waals surface area contributed by atoms with E-state index in [-0.39, 0.29) is 0 Å². The molecule has 0 radical (unpaired) electrons. The summed E-state index contributed by atoms with van der Waals surface area (Å²) < 4.78 is 10.6. The number of hydrogen-bond donors (Lipinski definition) is 4. The molecule has 0 bridgehead atoms. The first-order chi connectivity index (χ1) is 10.1. The van der Waals surface area contributed by atoms with Crippen molar-refractivity contribution in [3.8, 4) is 6.07 Å². The maximum Gasteiger partial charge on any atom is 0.188 e. The molecule has 1 aromatic carbocycles. The molecule has 4 N–H and O–H groups in total. The van der Waals surface area contributed by atoms with Gasteiger partial charge in [0.2, 0.25) is 0 Å². The quantitative estimate of drug-likeness (QED) is 0.565. The van der Waals surface area contributed by atoms with Gasteiger partial charge in [-0.25, -0.2) is 0 Å². The molecule has 0 aliphatic carbocycles. The van der Waals surface area contributed by atoms with Crippen LogP contribution in [0, 0.1) is 11.3 Å². The van der Waals surface area contributed by atoms with Crippen LogP contribution in [0.5, 0.6) is 0 Å². The molecular formula is C14H17NO6. The third-order valence-electron chi connectivity index (χ3n) is 3.34. The van der Waals surface area contributed by atoms with E-state index in [4.69, 9.17) is 19.8 Å². The van der Waals surface area contributed by atoms with Gasteiger partial charge in [0.15, 0.2) is 12.4 Å². The van der Waals surface area contributed by atoms with E-state index in [2.05, 4.69) is 0 Å². The van der Waals surface area contributed by atoms with Crippen molar-refractivity contribution >= 4 is 0 Å². The predicted octanol–water partition coefficient (Wildman–Crippen LogP) is -0.932. The molecule has 1 aromatic rings. The van der Waals surface area contributed by atoms with Crippen LogP contribution in [-0.2, 0) is 9.47 Å². The molecule has 6 atom stereocenters. The maximum atomic E-state index is 9.86. The van der Waals surface area contributed by atoms with Gasteiger partial charge in [0, 0.05) is 0 Å². The second-order valence-corrected chi connectivity index (χ2v) is 4.75.